The Morgan fingerprint density at radius 2 is 1.64 bits per heavy atom. The van der Waals surface area contributed by atoms with Gasteiger partial charge in [0.2, 0.25) is 28.6 Å². The molecule has 11 nitrogen and oxygen atoms in total. The maximum absolute atomic E-state index is 14.0. The topological polar surface area (TPSA) is 146 Å². The van der Waals surface area contributed by atoms with E-state index < -0.39 is 57.1 Å². The maximum Gasteiger partial charge on any atom is 0.243 e. The first-order valence-corrected chi connectivity index (χ1v) is 17.8. The Kier molecular flexibility index (Phi) is 12.9. The third-order valence-electron chi connectivity index (χ3n) is 8.07. The van der Waals surface area contributed by atoms with E-state index in [1.54, 1.807) is 20.8 Å². The molecule has 4 rings (SSSR count). The molecule has 3 aromatic carbocycles. The molecule has 0 radical (unpaired) electrons. The van der Waals surface area contributed by atoms with Crippen molar-refractivity contribution in [2.75, 3.05) is 26.4 Å². The van der Waals surface area contributed by atoms with Gasteiger partial charge in [-0.3, -0.25) is 9.59 Å². The summed E-state index contributed by atoms with van der Waals surface area (Å²) in [7, 11) is -4.12. The number of fused-ring (bicyclic) bond motifs is 1. The van der Waals surface area contributed by atoms with Crippen LogP contribution in [-0.4, -0.2) is 74.3 Å². The molecule has 1 aliphatic rings. The third kappa shape index (κ3) is 10.5. The SMILES string of the molecule is CC(C)CN(C[C@@H](O)[C@H](Cc1ccccc1)NC(=O)[C@@H](NC(=O)CNCc1cc(F)ccc1F)C(C)(C)C)S(=O)(=O)c1ccc2c(c1)OCO2. The number of rotatable bonds is 16. The second-order valence-corrected chi connectivity index (χ2v) is 15.7. The smallest absolute Gasteiger partial charge is 0.243 e. The molecule has 0 fully saturated rings. The predicted molar refractivity (Wildman–Crippen MR) is 184 cm³/mol. The number of sulfonamides is 1. The fourth-order valence-electron chi connectivity index (χ4n) is 5.49. The standard InChI is InChI=1S/C36H46F2N4O7S/c1-23(2)20-42(50(46,47)27-12-14-31-32(17-27)49-22-48-31)21-30(43)29(15-24-9-7-6-8-10-24)40-35(45)34(36(3,4)5)41-33(44)19-39-18-25-16-26(37)11-13-28(25)38/h6-14,16-17,23,29-30,34,39,43H,15,18-22H2,1-5H3,(H,40,45)(H,41,44)/t29-,30+,34+/m0/s1. The van der Waals surface area contributed by atoms with Gasteiger partial charge in [-0.2, -0.15) is 4.31 Å². The number of benzene rings is 3. The van der Waals surface area contributed by atoms with Crippen LogP contribution in [0.4, 0.5) is 8.78 Å². The van der Waals surface area contributed by atoms with Crippen molar-refractivity contribution in [3.63, 3.8) is 0 Å². The Hall–Kier alpha value is -4.11. The van der Waals surface area contributed by atoms with Gasteiger partial charge in [0.05, 0.1) is 23.6 Å². The molecule has 14 heteroatoms. The lowest BCUT2D eigenvalue weighted by molar-refractivity contribution is -0.132. The van der Waals surface area contributed by atoms with E-state index in [2.05, 4.69) is 16.0 Å². The lowest BCUT2D eigenvalue weighted by atomic mass is 9.85. The molecule has 4 N–H and O–H groups in total. The van der Waals surface area contributed by atoms with E-state index in [-0.39, 0.29) is 55.8 Å². The molecule has 0 aromatic heterocycles. The van der Waals surface area contributed by atoms with E-state index in [1.165, 1.54) is 22.5 Å². The van der Waals surface area contributed by atoms with Crippen molar-refractivity contribution in [1.82, 2.24) is 20.3 Å². The Balaban J connectivity index is 1.52. The highest BCUT2D eigenvalue weighted by molar-refractivity contribution is 7.89. The van der Waals surface area contributed by atoms with Crippen molar-refractivity contribution in [1.29, 1.82) is 0 Å². The van der Waals surface area contributed by atoms with Crippen LogP contribution in [-0.2, 0) is 32.6 Å². The monoisotopic (exact) mass is 716 g/mol. The first kappa shape index (κ1) is 38.7. The van der Waals surface area contributed by atoms with Crippen molar-refractivity contribution in [3.05, 3.63) is 89.5 Å². The van der Waals surface area contributed by atoms with Crippen molar-refractivity contribution in [3.8, 4) is 11.5 Å². The fraction of sp³-hybridized carbons (Fsp3) is 0.444. The Morgan fingerprint density at radius 1 is 0.940 bits per heavy atom. The second kappa shape index (κ2) is 16.7. The predicted octanol–water partition coefficient (Wildman–Crippen LogP) is 3.75. The maximum atomic E-state index is 14.0. The van der Waals surface area contributed by atoms with Gasteiger partial charge in [0, 0.05) is 31.3 Å². The van der Waals surface area contributed by atoms with Gasteiger partial charge in [0.15, 0.2) is 11.5 Å². The van der Waals surface area contributed by atoms with Crippen molar-refractivity contribution in [2.24, 2.45) is 11.3 Å². The van der Waals surface area contributed by atoms with Crippen LogP contribution >= 0.6 is 0 Å². The summed E-state index contributed by atoms with van der Waals surface area (Å²) in [6.45, 7) is 8.34. The summed E-state index contributed by atoms with van der Waals surface area (Å²) in [4.78, 5) is 26.8. The Labute approximate surface area is 292 Å². The zero-order chi connectivity index (χ0) is 36.6. The number of aliphatic hydroxyl groups is 1. The number of amides is 2. The number of halogens is 2. The number of hydrogen-bond acceptors (Lipinski definition) is 8. The number of carbonyl (C=O) groups is 2. The molecule has 0 bridgehead atoms. The minimum Gasteiger partial charge on any atom is -0.454 e. The molecule has 272 valence electrons. The molecular formula is C36H46F2N4O7S. The van der Waals surface area contributed by atoms with Gasteiger partial charge in [-0.05, 0) is 53.6 Å². The minimum atomic E-state index is -4.12. The van der Waals surface area contributed by atoms with Gasteiger partial charge in [-0.25, -0.2) is 17.2 Å². The fourth-order valence-corrected chi connectivity index (χ4v) is 7.13. The average Bonchev–Trinajstić information content (AvgIpc) is 3.52. The number of aliphatic hydroxyl groups excluding tert-OH is 1. The molecule has 0 spiro atoms. The summed E-state index contributed by atoms with van der Waals surface area (Å²) in [6.07, 6.45) is -1.19. The summed E-state index contributed by atoms with van der Waals surface area (Å²) in [5, 5.41) is 20.1. The second-order valence-electron chi connectivity index (χ2n) is 13.8. The van der Waals surface area contributed by atoms with E-state index in [0.29, 0.717) is 11.5 Å². The van der Waals surface area contributed by atoms with Crippen LogP contribution in [0.15, 0.2) is 71.6 Å². The summed E-state index contributed by atoms with van der Waals surface area (Å²) >= 11 is 0. The lowest BCUT2D eigenvalue weighted by Crippen LogP contribution is -2.59. The van der Waals surface area contributed by atoms with Crippen molar-refractivity contribution >= 4 is 21.8 Å². The molecule has 0 unspecified atom stereocenters. The zero-order valence-corrected chi connectivity index (χ0v) is 29.7. The molecule has 0 aliphatic carbocycles. The van der Waals surface area contributed by atoms with Gasteiger partial charge in [-0.15, -0.1) is 0 Å². The number of nitrogens with one attached hydrogen (secondary N) is 3. The van der Waals surface area contributed by atoms with E-state index in [1.807, 2.05) is 44.2 Å². The van der Waals surface area contributed by atoms with Gasteiger partial charge in [0.25, 0.3) is 0 Å². The number of ether oxygens (including phenoxy) is 2. The minimum absolute atomic E-state index is 0.0183. The molecular weight excluding hydrogens is 670 g/mol. The van der Waals surface area contributed by atoms with E-state index >= 15 is 0 Å². The largest absolute Gasteiger partial charge is 0.454 e. The van der Waals surface area contributed by atoms with Crippen molar-refractivity contribution < 1.29 is 41.4 Å². The highest BCUT2D eigenvalue weighted by Crippen LogP contribution is 2.35. The highest BCUT2D eigenvalue weighted by Gasteiger charge is 2.37. The quantitative estimate of drug-likeness (QED) is 0.176. The number of carbonyl (C=O) groups excluding carboxylic acids is 2. The summed E-state index contributed by atoms with van der Waals surface area (Å²) in [6, 6.07) is 14.5. The van der Waals surface area contributed by atoms with Crippen LogP contribution in [0.3, 0.4) is 0 Å². The van der Waals surface area contributed by atoms with Gasteiger partial charge in [-0.1, -0.05) is 65.0 Å². The molecule has 0 saturated heterocycles. The Morgan fingerprint density at radius 3 is 2.32 bits per heavy atom. The molecule has 0 saturated carbocycles. The molecule has 2 amide bonds. The van der Waals surface area contributed by atoms with Crippen LogP contribution in [0, 0.1) is 23.0 Å². The average molecular weight is 717 g/mol. The van der Waals surface area contributed by atoms with Crippen LogP contribution in [0.5, 0.6) is 11.5 Å². The van der Waals surface area contributed by atoms with E-state index in [4.69, 9.17) is 9.47 Å². The van der Waals surface area contributed by atoms with E-state index in [0.717, 1.165) is 23.8 Å². The highest BCUT2D eigenvalue weighted by atomic mass is 32.2. The Bertz CT molecular complexity index is 1740. The van der Waals surface area contributed by atoms with Gasteiger partial charge >= 0.3 is 0 Å². The van der Waals surface area contributed by atoms with Crippen molar-refractivity contribution in [2.45, 2.75) is 70.7 Å². The summed E-state index contributed by atoms with van der Waals surface area (Å²) in [5.41, 5.74) is 0.0481. The molecule has 3 atom stereocenters. The number of hydrogen-bond donors (Lipinski definition) is 4. The van der Waals surface area contributed by atoms with Crippen LogP contribution in [0.1, 0.15) is 45.7 Å². The summed E-state index contributed by atoms with van der Waals surface area (Å²) in [5.74, 6) is -1.74. The van der Waals surface area contributed by atoms with Gasteiger partial charge in [0.1, 0.15) is 17.7 Å². The molecule has 50 heavy (non-hydrogen) atoms. The van der Waals surface area contributed by atoms with Crippen LogP contribution in [0.2, 0.25) is 0 Å². The molecule has 3 aromatic rings. The van der Waals surface area contributed by atoms with Crippen LogP contribution in [0.25, 0.3) is 0 Å². The lowest BCUT2D eigenvalue weighted by Gasteiger charge is -2.34. The van der Waals surface area contributed by atoms with E-state index in [9.17, 15) is 31.9 Å². The number of nitrogens with zero attached hydrogens (tertiary/aromatic N) is 1. The normalized spacial score (nSPS) is 14.8. The molecule has 1 aliphatic heterocycles. The van der Waals surface area contributed by atoms with Gasteiger partial charge < -0.3 is 30.5 Å². The third-order valence-corrected chi connectivity index (χ3v) is 9.90. The van der Waals surface area contributed by atoms with Crippen LogP contribution < -0.4 is 25.4 Å². The first-order chi connectivity index (χ1) is 23.5. The molecule has 1 heterocycles. The summed E-state index contributed by atoms with van der Waals surface area (Å²) < 4.78 is 67.3. The first-order valence-electron chi connectivity index (χ1n) is 16.4. The zero-order valence-electron chi connectivity index (χ0n) is 28.9.